The Morgan fingerprint density at radius 1 is 1.29 bits per heavy atom. The monoisotopic (exact) mass is 383 g/mol. The van der Waals surface area contributed by atoms with Gasteiger partial charge in [0.25, 0.3) is 0 Å². The van der Waals surface area contributed by atoms with Crippen LogP contribution in [0.5, 0.6) is 11.5 Å². The van der Waals surface area contributed by atoms with Crippen LogP contribution in [0.4, 0.5) is 0 Å². The summed E-state index contributed by atoms with van der Waals surface area (Å²) < 4.78 is 16.4. The predicted molar refractivity (Wildman–Crippen MR) is 105 cm³/mol. The molecule has 148 valence electrons. The Kier molecular flexibility index (Phi) is 5.87. The maximum absolute atomic E-state index is 12.9. The fourth-order valence-corrected chi connectivity index (χ4v) is 3.92. The Labute approximate surface area is 164 Å². The van der Waals surface area contributed by atoms with Gasteiger partial charge in [0.1, 0.15) is 6.61 Å². The van der Waals surface area contributed by atoms with Gasteiger partial charge in [-0.05, 0) is 25.8 Å². The molecule has 1 atom stereocenters. The lowest BCUT2D eigenvalue weighted by Gasteiger charge is -2.34. The fourth-order valence-electron chi connectivity index (χ4n) is 3.92. The third-order valence-corrected chi connectivity index (χ3v) is 5.07. The Bertz CT molecular complexity index is 881. The summed E-state index contributed by atoms with van der Waals surface area (Å²) in [5, 5.41) is 3.26. The van der Waals surface area contributed by atoms with Crippen molar-refractivity contribution >= 4 is 11.8 Å². The highest BCUT2D eigenvalue weighted by Gasteiger charge is 2.40. The van der Waals surface area contributed by atoms with Crippen LogP contribution < -0.4 is 14.8 Å². The van der Waals surface area contributed by atoms with Crippen molar-refractivity contribution in [2.75, 3.05) is 20.8 Å². The minimum absolute atomic E-state index is 0.0325. The SMILES string of the molecule is C=CCOC(=O)C1=C(C)NC2=C(C(=O)CCC2)C1c1cccc(OC)c1OC. The molecule has 0 aromatic heterocycles. The first-order valence-electron chi connectivity index (χ1n) is 9.26. The molecule has 1 aromatic carbocycles. The van der Waals surface area contributed by atoms with Gasteiger partial charge in [0.2, 0.25) is 0 Å². The standard InChI is InChI=1S/C22H25NO5/c1-5-12-28-22(25)18-13(2)23-15-9-7-10-16(24)20(15)19(18)14-8-6-11-17(26-3)21(14)27-4/h5-6,8,11,19,23H,1,7,9-10,12H2,2-4H3. The quantitative estimate of drug-likeness (QED) is 0.600. The van der Waals surface area contributed by atoms with Crippen molar-refractivity contribution in [2.24, 2.45) is 0 Å². The Hall–Kier alpha value is -3.02. The summed E-state index contributed by atoms with van der Waals surface area (Å²) in [4.78, 5) is 25.8. The molecular formula is C22H25NO5. The molecule has 1 N–H and O–H groups in total. The van der Waals surface area contributed by atoms with E-state index in [1.807, 2.05) is 19.1 Å². The number of dihydropyridines is 1. The van der Waals surface area contributed by atoms with Gasteiger partial charge >= 0.3 is 5.97 Å². The fraction of sp³-hybridized carbons (Fsp3) is 0.364. The number of para-hydroxylation sites is 1. The van der Waals surface area contributed by atoms with Crippen molar-refractivity contribution in [1.82, 2.24) is 5.32 Å². The lowest BCUT2D eigenvalue weighted by Crippen LogP contribution is -2.34. The second kappa shape index (κ2) is 8.33. The van der Waals surface area contributed by atoms with Crippen LogP contribution in [0.2, 0.25) is 0 Å². The van der Waals surface area contributed by atoms with Crippen molar-refractivity contribution < 1.29 is 23.8 Å². The van der Waals surface area contributed by atoms with E-state index < -0.39 is 11.9 Å². The van der Waals surface area contributed by atoms with Crippen LogP contribution in [0, 0.1) is 0 Å². The maximum Gasteiger partial charge on any atom is 0.337 e. The van der Waals surface area contributed by atoms with E-state index in [1.54, 1.807) is 20.3 Å². The van der Waals surface area contributed by atoms with E-state index >= 15 is 0 Å². The number of allylic oxidation sites excluding steroid dienone is 3. The molecule has 6 nitrogen and oxygen atoms in total. The number of Topliss-reactive ketones (excluding diaryl/α,β-unsaturated/α-hetero) is 1. The Morgan fingerprint density at radius 3 is 2.75 bits per heavy atom. The molecule has 2 aliphatic rings. The zero-order valence-electron chi connectivity index (χ0n) is 16.5. The predicted octanol–water partition coefficient (Wildman–Crippen LogP) is 3.40. The molecule has 1 aliphatic heterocycles. The van der Waals surface area contributed by atoms with Gasteiger partial charge in [-0.25, -0.2) is 4.79 Å². The Balaban J connectivity index is 2.22. The van der Waals surface area contributed by atoms with Crippen molar-refractivity contribution in [3.8, 4) is 11.5 Å². The van der Waals surface area contributed by atoms with Gasteiger partial charge in [-0.1, -0.05) is 24.8 Å². The van der Waals surface area contributed by atoms with Crippen LogP contribution >= 0.6 is 0 Å². The molecule has 0 fully saturated rings. The molecule has 28 heavy (non-hydrogen) atoms. The number of nitrogens with one attached hydrogen (secondary N) is 1. The number of ether oxygens (including phenoxy) is 3. The number of esters is 1. The summed E-state index contributed by atoms with van der Waals surface area (Å²) in [6, 6.07) is 5.47. The molecule has 0 amide bonds. The molecule has 3 rings (SSSR count). The molecule has 1 unspecified atom stereocenters. The second-order valence-electron chi connectivity index (χ2n) is 6.74. The van der Waals surface area contributed by atoms with E-state index in [0.29, 0.717) is 40.3 Å². The molecule has 1 heterocycles. The largest absolute Gasteiger partial charge is 0.493 e. The van der Waals surface area contributed by atoms with Crippen molar-refractivity contribution in [2.45, 2.75) is 32.1 Å². The summed E-state index contributed by atoms with van der Waals surface area (Å²) in [6.45, 7) is 5.51. The van der Waals surface area contributed by atoms with Crippen molar-refractivity contribution in [1.29, 1.82) is 0 Å². The second-order valence-corrected chi connectivity index (χ2v) is 6.74. The molecule has 0 spiro atoms. The number of hydrogen-bond acceptors (Lipinski definition) is 6. The third kappa shape index (κ3) is 3.42. The average molecular weight is 383 g/mol. The molecule has 6 heteroatoms. The van der Waals surface area contributed by atoms with Crippen molar-refractivity contribution in [3.63, 3.8) is 0 Å². The average Bonchev–Trinajstić information content (AvgIpc) is 2.70. The summed E-state index contributed by atoms with van der Waals surface area (Å²) in [5.74, 6) is 0.0191. The van der Waals surface area contributed by atoms with Crippen LogP contribution in [0.3, 0.4) is 0 Å². The molecule has 0 bridgehead atoms. The smallest absolute Gasteiger partial charge is 0.337 e. The molecular weight excluding hydrogens is 358 g/mol. The summed E-state index contributed by atoms with van der Waals surface area (Å²) >= 11 is 0. The minimum atomic E-state index is -0.577. The van der Waals surface area contributed by atoms with E-state index in [2.05, 4.69) is 11.9 Å². The van der Waals surface area contributed by atoms with Gasteiger partial charge in [-0.15, -0.1) is 0 Å². The van der Waals surface area contributed by atoms with E-state index in [-0.39, 0.29) is 12.4 Å². The van der Waals surface area contributed by atoms with Gasteiger partial charge in [0, 0.05) is 29.0 Å². The van der Waals surface area contributed by atoms with Gasteiger partial charge in [-0.3, -0.25) is 4.79 Å². The first kappa shape index (κ1) is 19.7. The van der Waals surface area contributed by atoms with E-state index in [9.17, 15) is 9.59 Å². The van der Waals surface area contributed by atoms with Crippen molar-refractivity contribution in [3.05, 3.63) is 59.0 Å². The number of benzene rings is 1. The number of hydrogen-bond donors (Lipinski definition) is 1. The highest BCUT2D eigenvalue weighted by molar-refractivity contribution is 6.04. The van der Waals surface area contributed by atoms with Crippen LogP contribution in [0.15, 0.2) is 53.4 Å². The molecule has 1 aliphatic carbocycles. The summed E-state index contributed by atoms with van der Waals surface area (Å²) in [7, 11) is 3.10. The minimum Gasteiger partial charge on any atom is -0.493 e. The molecule has 0 saturated carbocycles. The zero-order chi connectivity index (χ0) is 20.3. The number of carbonyl (C=O) groups is 2. The molecule has 0 saturated heterocycles. The van der Waals surface area contributed by atoms with Crippen LogP contribution in [0.25, 0.3) is 0 Å². The van der Waals surface area contributed by atoms with Crippen LogP contribution in [-0.2, 0) is 14.3 Å². The number of rotatable bonds is 6. The zero-order valence-corrected chi connectivity index (χ0v) is 16.5. The van der Waals surface area contributed by atoms with Crippen LogP contribution in [0.1, 0.15) is 37.7 Å². The lowest BCUT2D eigenvalue weighted by molar-refractivity contribution is -0.138. The molecule has 0 radical (unpaired) electrons. The normalized spacial score (nSPS) is 19.0. The van der Waals surface area contributed by atoms with Gasteiger partial charge in [0.15, 0.2) is 17.3 Å². The highest BCUT2D eigenvalue weighted by atomic mass is 16.5. The topological polar surface area (TPSA) is 73.9 Å². The van der Waals surface area contributed by atoms with Gasteiger partial charge in [-0.2, -0.15) is 0 Å². The Morgan fingerprint density at radius 2 is 2.07 bits per heavy atom. The lowest BCUT2D eigenvalue weighted by atomic mass is 9.75. The van der Waals surface area contributed by atoms with Gasteiger partial charge in [0.05, 0.1) is 25.7 Å². The number of carbonyl (C=O) groups excluding carboxylic acids is 2. The summed E-state index contributed by atoms with van der Waals surface area (Å²) in [6.07, 6.45) is 3.52. The first-order chi connectivity index (χ1) is 13.5. The van der Waals surface area contributed by atoms with Gasteiger partial charge < -0.3 is 19.5 Å². The number of methoxy groups -OCH3 is 2. The highest BCUT2D eigenvalue weighted by Crippen LogP contribution is 2.47. The van der Waals surface area contributed by atoms with E-state index in [4.69, 9.17) is 14.2 Å². The van der Waals surface area contributed by atoms with Crippen LogP contribution in [-0.4, -0.2) is 32.6 Å². The number of ketones is 1. The molecule has 1 aromatic rings. The first-order valence-corrected chi connectivity index (χ1v) is 9.26. The summed E-state index contributed by atoms with van der Waals surface area (Å²) in [5.41, 5.74) is 3.26. The van der Waals surface area contributed by atoms with E-state index in [0.717, 1.165) is 18.5 Å². The van der Waals surface area contributed by atoms with E-state index in [1.165, 1.54) is 6.08 Å². The maximum atomic E-state index is 12.9. The third-order valence-electron chi connectivity index (χ3n) is 5.07.